The zero-order valence-corrected chi connectivity index (χ0v) is 8.00. The van der Waals surface area contributed by atoms with Gasteiger partial charge in [0.2, 0.25) is 6.54 Å². The summed E-state index contributed by atoms with van der Waals surface area (Å²) < 4.78 is 5.09. The lowest BCUT2D eigenvalue weighted by Crippen LogP contribution is -1.93. The van der Waals surface area contributed by atoms with E-state index in [1.54, 1.807) is 7.11 Å². The predicted octanol–water partition coefficient (Wildman–Crippen LogP) is 2.47. The maximum Gasteiger partial charge on any atom is 0.218 e. The van der Waals surface area contributed by atoms with Gasteiger partial charge in [-0.3, -0.25) is 0 Å². The van der Waals surface area contributed by atoms with Crippen molar-refractivity contribution in [2.45, 2.75) is 13.3 Å². The second kappa shape index (κ2) is 4.51. The molecule has 0 heterocycles. The maximum absolute atomic E-state index is 6.70. The molecule has 0 aromatic heterocycles. The number of ether oxygens (including phenoxy) is 1. The number of aryl methyl sites for hydroxylation is 1. The predicted molar refractivity (Wildman–Crippen MR) is 52.9 cm³/mol. The Kier molecular flexibility index (Phi) is 3.33. The Bertz CT molecular complexity index is 325. The molecule has 1 rings (SSSR count). The first-order valence-electron chi connectivity index (χ1n) is 4.24. The van der Waals surface area contributed by atoms with Crippen LogP contribution in [0.1, 0.15) is 11.1 Å². The van der Waals surface area contributed by atoms with Crippen molar-refractivity contribution in [2.75, 3.05) is 13.7 Å². The van der Waals surface area contributed by atoms with Crippen molar-refractivity contribution >= 4 is 0 Å². The van der Waals surface area contributed by atoms with Gasteiger partial charge in [0.25, 0.3) is 0 Å². The van der Waals surface area contributed by atoms with E-state index >= 15 is 0 Å². The molecule has 0 atom stereocenters. The topological polar surface area (TPSA) is 13.6 Å². The van der Waals surface area contributed by atoms with Crippen LogP contribution in [0, 0.1) is 13.5 Å². The molecular weight excluding hydrogens is 162 g/mol. The molecule has 0 saturated carbocycles. The number of benzene rings is 1. The van der Waals surface area contributed by atoms with Crippen LogP contribution in [-0.4, -0.2) is 13.7 Å². The van der Waals surface area contributed by atoms with Crippen LogP contribution in [0.15, 0.2) is 18.2 Å². The van der Waals surface area contributed by atoms with Gasteiger partial charge in [0, 0.05) is 6.42 Å². The van der Waals surface area contributed by atoms with Crippen LogP contribution < -0.4 is 4.74 Å². The van der Waals surface area contributed by atoms with Crippen molar-refractivity contribution in [3.8, 4) is 5.75 Å². The van der Waals surface area contributed by atoms with Gasteiger partial charge in [0.05, 0.1) is 7.11 Å². The molecule has 1 aromatic rings. The number of methoxy groups -OCH3 is 1. The summed E-state index contributed by atoms with van der Waals surface area (Å²) >= 11 is 0. The van der Waals surface area contributed by atoms with Crippen LogP contribution in [0.4, 0.5) is 0 Å². The maximum atomic E-state index is 6.70. The lowest BCUT2D eigenvalue weighted by Gasteiger charge is -2.04. The molecule has 0 N–H and O–H groups in total. The Morgan fingerprint density at radius 2 is 2.23 bits per heavy atom. The molecule has 0 aliphatic rings. The van der Waals surface area contributed by atoms with E-state index in [1.165, 1.54) is 11.1 Å². The van der Waals surface area contributed by atoms with Crippen molar-refractivity contribution in [3.05, 3.63) is 40.7 Å². The molecule has 0 unspecified atom stereocenters. The summed E-state index contributed by atoms with van der Waals surface area (Å²) in [6, 6.07) is 5.96. The third kappa shape index (κ3) is 2.48. The van der Waals surface area contributed by atoms with E-state index < -0.39 is 0 Å². The second-order valence-electron chi connectivity index (χ2n) is 2.92. The molecular formula is C11H13NO. The highest BCUT2D eigenvalue weighted by atomic mass is 16.5. The van der Waals surface area contributed by atoms with Crippen LogP contribution in [0.2, 0.25) is 0 Å². The van der Waals surface area contributed by atoms with Crippen molar-refractivity contribution in [3.63, 3.8) is 0 Å². The molecule has 13 heavy (non-hydrogen) atoms. The second-order valence-corrected chi connectivity index (χ2v) is 2.92. The summed E-state index contributed by atoms with van der Waals surface area (Å²) in [5.74, 6) is 0.879. The van der Waals surface area contributed by atoms with E-state index in [-0.39, 0.29) is 0 Å². The number of hydrogen-bond donors (Lipinski definition) is 0. The van der Waals surface area contributed by atoms with Gasteiger partial charge in [-0.2, -0.15) is 0 Å². The summed E-state index contributed by atoms with van der Waals surface area (Å²) in [6.07, 6.45) is 0.833. The van der Waals surface area contributed by atoms with Crippen LogP contribution in [0.25, 0.3) is 4.85 Å². The zero-order valence-electron chi connectivity index (χ0n) is 8.00. The third-order valence-electron chi connectivity index (χ3n) is 2.04. The first kappa shape index (κ1) is 9.60. The van der Waals surface area contributed by atoms with E-state index in [4.69, 9.17) is 11.3 Å². The van der Waals surface area contributed by atoms with Crippen LogP contribution in [0.3, 0.4) is 0 Å². The van der Waals surface area contributed by atoms with Crippen LogP contribution in [-0.2, 0) is 6.42 Å². The summed E-state index contributed by atoms with van der Waals surface area (Å²) in [5.41, 5.74) is 2.43. The highest BCUT2D eigenvalue weighted by molar-refractivity contribution is 5.35. The Labute approximate surface area is 79.0 Å². The van der Waals surface area contributed by atoms with E-state index in [1.807, 2.05) is 25.1 Å². The summed E-state index contributed by atoms with van der Waals surface area (Å²) in [4.78, 5) is 3.33. The quantitative estimate of drug-likeness (QED) is 0.643. The Morgan fingerprint density at radius 3 is 2.77 bits per heavy atom. The Balaban J connectivity index is 2.80. The molecule has 2 heteroatoms. The highest BCUT2D eigenvalue weighted by Crippen LogP contribution is 2.17. The molecule has 0 spiro atoms. The summed E-state index contributed by atoms with van der Waals surface area (Å²) in [5, 5.41) is 0. The smallest absolute Gasteiger partial charge is 0.218 e. The molecule has 0 saturated heterocycles. The molecule has 0 radical (unpaired) electrons. The van der Waals surface area contributed by atoms with Crippen molar-refractivity contribution in [1.29, 1.82) is 0 Å². The minimum absolute atomic E-state index is 0.563. The van der Waals surface area contributed by atoms with E-state index in [9.17, 15) is 0 Å². The molecule has 0 amide bonds. The Hall–Kier alpha value is -1.49. The normalized spacial score (nSPS) is 9.31. The molecule has 68 valence electrons. The number of hydrogen-bond acceptors (Lipinski definition) is 1. The number of nitrogens with zero attached hydrogens (tertiary/aromatic N) is 1. The average Bonchev–Trinajstić information content (AvgIpc) is 2.16. The van der Waals surface area contributed by atoms with Crippen molar-refractivity contribution in [2.24, 2.45) is 0 Å². The minimum Gasteiger partial charge on any atom is -0.497 e. The van der Waals surface area contributed by atoms with Crippen molar-refractivity contribution in [1.82, 2.24) is 0 Å². The lowest BCUT2D eigenvalue weighted by molar-refractivity contribution is 0.414. The van der Waals surface area contributed by atoms with Gasteiger partial charge >= 0.3 is 0 Å². The standard InChI is InChI=1S/C11H13NO/c1-9-8-11(13-3)5-4-10(9)6-7-12-2/h4-5,8H,6-7H2,1,3H3. The Morgan fingerprint density at radius 1 is 1.46 bits per heavy atom. The monoisotopic (exact) mass is 175 g/mol. The molecule has 2 nitrogen and oxygen atoms in total. The van der Waals surface area contributed by atoms with Crippen LogP contribution in [0.5, 0.6) is 5.75 Å². The molecule has 1 aromatic carbocycles. The van der Waals surface area contributed by atoms with Gasteiger partial charge in [0.15, 0.2) is 0 Å². The van der Waals surface area contributed by atoms with Gasteiger partial charge in [-0.1, -0.05) is 6.07 Å². The SMILES string of the molecule is [C-]#[N+]CCc1ccc(OC)cc1C. The minimum atomic E-state index is 0.563. The van der Waals surface area contributed by atoms with E-state index in [2.05, 4.69) is 4.85 Å². The fourth-order valence-electron chi connectivity index (χ4n) is 1.25. The van der Waals surface area contributed by atoms with Crippen LogP contribution >= 0.6 is 0 Å². The summed E-state index contributed by atoms with van der Waals surface area (Å²) in [6.45, 7) is 9.31. The molecule has 0 bridgehead atoms. The average molecular weight is 175 g/mol. The third-order valence-corrected chi connectivity index (χ3v) is 2.04. The van der Waals surface area contributed by atoms with Gasteiger partial charge in [0.1, 0.15) is 5.75 Å². The van der Waals surface area contributed by atoms with Gasteiger partial charge < -0.3 is 9.58 Å². The van der Waals surface area contributed by atoms with Gasteiger partial charge in [-0.15, -0.1) is 0 Å². The fraction of sp³-hybridized carbons (Fsp3) is 0.364. The van der Waals surface area contributed by atoms with Gasteiger partial charge in [-0.05, 0) is 30.2 Å². The van der Waals surface area contributed by atoms with E-state index in [0.29, 0.717) is 6.54 Å². The first-order valence-corrected chi connectivity index (χ1v) is 4.24. The molecule has 0 aliphatic heterocycles. The van der Waals surface area contributed by atoms with Crippen molar-refractivity contribution < 1.29 is 4.74 Å². The largest absolute Gasteiger partial charge is 0.497 e. The molecule has 0 fully saturated rings. The first-order chi connectivity index (χ1) is 6.27. The zero-order chi connectivity index (χ0) is 9.68. The van der Waals surface area contributed by atoms with E-state index in [0.717, 1.165) is 12.2 Å². The fourth-order valence-corrected chi connectivity index (χ4v) is 1.25. The number of rotatable bonds is 3. The molecule has 0 aliphatic carbocycles. The summed E-state index contributed by atoms with van der Waals surface area (Å²) in [7, 11) is 1.66. The van der Waals surface area contributed by atoms with Gasteiger partial charge in [-0.25, -0.2) is 6.57 Å². The lowest BCUT2D eigenvalue weighted by atomic mass is 10.1. The highest BCUT2D eigenvalue weighted by Gasteiger charge is 2.00.